The van der Waals surface area contributed by atoms with E-state index < -0.39 is 23.9 Å². The van der Waals surface area contributed by atoms with Gasteiger partial charge >= 0.3 is 5.97 Å². The van der Waals surface area contributed by atoms with E-state index in [-0.39, 0.29) is 29.0 Å². The Hall–Kier alpha value is -4.91. The third-order valence-electron chi connectivity index (χ3n) is 6.91. The van der Waals surface area contributed by atoms with Gasteiger partial charge in [0.05, 0.1) is 23.2 Å². The first kappa shape index (κ1) is 26.7. The second-order valence-corrected chi connectivity index (χ2v) is 9.66. The molecule has 200 valence electrons. The van der Waals surface area contributed by atoms with Crippen molar-refractivity contribution in [2.45, 2.75) is 38.8 Å². The molecule has 4 aromatic rings. The van der Waals surface area contributed by atoms with E-state index in [1.54, 1.807) is 36.7 Å². The summed E-state index contributed by atoms with van der Waals surface area (Å²) in [5, 5.41) is 0. The molecule has 1 aromatic heterocycles. The van der Waals surface area contributed by atoms with Crippen LogP contribution >= 0.6 is 0 Å². The lowest BCUT2D eigenvalue weighted by molar-refractivity contribution is 0.0263. The number of esters is 1. The third kappa shape index (κ3) is 5.59. The maximum absolute atomic E-state index is 13.4. The van der Waals surface area contributed by atoms with Crippen LogP contribution in [0.4, 0.5) is 0 Å². The summed E-state index contributed by atoms with van der Waals surface area (Å²) < 4.78 is 5.71. The highest BCUT2D eigenvalue weighted by Crippen LogP contribution is 2.27. The number of rotatable bonds is 10. The molecule has 0 N–H and O–H groups in total. The Kier molecular flexibility index (Phi) is 7.92. The van der Waals surface area contributed by atoms with Gasteiger partial charge in [0.2, 0.25) is 5.78 Å². The molecule has 0 spiro atoms. The fourth-order valence-corrected chi connectivity index (χ4v) is 4.71. The smallest absolute Gasteiger partial charge is 0.338 e. The van der Waals surface area contributed by atoms with E-state index in [2.05, 4.69) is 4.98 Å². The second kappa shape index (κ2) is 11.9. The molecule has 2 amide bonds. The number of nitrogens with zero attached hydrogens (tertiary/aromatic N) is 2. The van der Waals surface area contributed by atoms with Gasteiger partial charge in [0.1, 0.15) is 0 Å². The van der Waals surface area contributed by atoms with Crippen molar-refractivity contribution >= 4 is 23.6 Å². The molecule has 0 radical (unpaired) electrons. The molecule has 0 saturated heterocycles. The minimum atomic E-state index is -0.970. The first-order valence-electron chi connectivity index (χ1n) is 13.3. The summed E-state index contributed by atoms with van der Waals surface area (Å²) in [6, 6.07) is 24.9. The molecule has 5 rings (SSSR count). The molecule has 0 aliphatic carbocycles. The van der Waals surface area contributed by atoms with Gasteiger partial charge in [-0.05, 0) is 53.8 Å². The summed E-state index contributed by atoms with van der Waals surface area (Å²) in [5.41, 5.74) is 3.66. The number of ketones is 1. The van der Waals surface area contributed by atoms with Crippen molar-refractivity contribution in [2.24, 2.45) is 0 Å². The van der Waals surface area contributed by atoms with Gasteiger partial charge < -0.3 is 4.74 Å². The molecule has 1 aliphatic rings. The Labute approximate surface area is 232 Å². The number of unbranched alkanes of at least 4 members (excludes halogenated alkanes) is 1. The molecule has 7 heteroatoms. The van der Waals surface area contributed by atoms with Crippen molar-refractivity contribution in [3.05, 3.63) is 125 Å². The first-order chi connectivity index (χ1) is 19.5. The summed E-state index contributed by atoms with van der Waals surface area (Å²) in [6.07, 6.45) is 4.14. The highest BCUT2D eigenvalue weighted by atomic mass is 16.5. The molecule has 7 nitrogen and oxygen atoms in total. The van der Waals surface area contributed by atoms with Crippen LogP contribution in [-0.4, -0.2) is 39.6 Å². The molecule has 2 heterocycles. The van der Waals surface area contributed by atoms with Crippen LogP contribution in [-0.2, 0) is 11.3 Å². The molecule has 40 heavy (non-hydrogen) atoms. The predicted molar refractivity (Wildman–Crippen MR) is 150 cm³/mol. The maximum atomic E-state index is 13.4. The van der Waals surface area contributed by atoms with Gasteiger partial charge in [0.25, 0.3) is 11.8 Å². The monoisotopic (exact) mass is 532 g/mol. The van der Waals surface area contributed by atoms with Gasteiger partial charge in [0.15, 0.2) is 6.10 Å². The van der Waals surface area contributed by atoms with Gasteiger partial charge in [-0.2, -0.15) is 0 Å². The zero-order valence-corrected chi connectivity index (χ0v) is 22.1. The minimum absolute atomic E-state index is 0.0800. The van der Waals surface area contributed by atoms with E-state index >= 15 is 0 Å². The number of carbonyl (C=O) groups excluding carboxylic acids is 4. The minimum Gasteiger partial charge on any atom is -0.450 e. The van der Waals surface area contributed by atoms with E-state index in [1.807, 2.05) is 49.4 Å². The van der Waals surface area contributed by atoms with Crippen molar-refractivity contribution in [3.63, 3.8) is 0 Å². The van der Waals surface area contributed by atoms with Crippen LogP contribution < -0.4 is 0 Å². The number of pyridine rings is 1. The predicted octanol–water partition coefficient (Wildman–Crippen LogP) is 6.14. The van der Waals surface area contributed by atoms with E-state index in [1.165, 1.54) is 18.2 Å². The average Bonchev–Trinajstić information content (AvgIpc) is 3.24. The highest BCUT2D eigenvalue weighted by molar-refractivity contribution is 6.22. The molecule has 0 bridgehead atoms. The highest BCUT2D eigenvalue weighted by Gasteiger charge is 2.36. The van der Waals surface area contributed by atoms with Crippen LogP contribution in [0.2, 0.25) is 0 Å². The number of fused-ring (bicyclic) bond motifs is 1. The lowest BCUT2D eigenvalue weighted by Gasteiger charge is -2.17. The summed E-state index contributed by atoms with van der Waals surface area (Å²) >= 11 is 0. The third-order valence-corrected chi connectivity index (χ3v) is 6.91. The van der Waals surface area contributed by atoms with E-state index in [0.29, 0.717) is 24.0 Å². The van der Waals surface area contributed by atoms with Crippen molar-refractivity contribution in [2.75, 3.05) is 0 Å². The van der Waals surface area contributed by atoms with E-state index in [0.717, 1.165) is 22.4 Å². The summed E-state index contributed by atoms with van der Waals surface area (Å²) in [5.74, 6) is -1.92. The average molecular weight is 533 g/mol. The van der Waals surface area contributed by atoms with Crippen LogP contribution in [0.15, 0.2) is 97.3 Å². The lowest BCUT2D eigenvalue weighted by Crippen LogP contribution is -2.29. The number of aromatic nitrogens is 1. The number of amides is 2. The van der Waals surface area contributed by atoms with Crippen LogP contribution in [0.3, 0.4) is 0 Å². The van der Waals surface area contributed by atoms with Gasteiger partial charge in [0, 0.05) is 18.0 Å². The fourth-order valence-electron chi connectivity index (χ4n) is 4.71. The summed E-state index contributed by atoms with van der Waals surface area (Å²) in [6.45, 7) is 2.08. The second-order valence-electron chi connectivity index (χ2n) is 9.66. The van der Waals surface area contributed by atoms with Crippen molar-refractivity contribution in [3.8, 4) is 11.1 Å². The Bertz CT molecular complexity index is 1550. The standard InChI is InChI=1S/C33H28N2O5/c1-2-3-11-29(30(36)25-14-12-24(13-15-25)23-9-5-4-6-10-23)40-33(39)26-16-17-27-28(19-26)32(38)35(31(27)37)21-22-8-7-18-34-20-22/h4-10,12-20,29H,2-3,11,21H2,1H3/t29-/m0/s1. The largest absolute Gasteiger partial charge is 0.450 e. The number of hydrogen-bond donors (Lipinski definition) is 0. The Morgan fingerprint density at radius 1 is 0.825 bits per heavy atom. The molecule has 3 aromatic carbocycles. The molecule has 0 unspecified atom stereocenters. The first-order valence-corrected chi connectivity index (χ1v) is 13.3. The Morgan fingerprint density at radius 2 is 1.52 bits per heavy atom. The zero-order valence-electron chi connectivity index (χ0n) is 22.1. The van der Waals surface area contributed by atoms with E-state index in [4.69, 9.17) is 4.74 Å². The van der Waals surface area contributed by atoms with Crippen LogP contribution in [0, 0.1) is 0 Å². The fraction of sp³-hybridized carbons (Fsp3) is 0.182. The number of Topliss-reactive ketones (excluding diaryl/α,β-unsaturated/α-hetero) is 1. The molecule has 1 aliphatic heterocycles. The van der Waals surface area contributed by atoms with Crippen molar-refractivity contribution < 1.29 is 23.9 Å². The molecule has 0 fully saturated rings. The Morgan fingerprint density at radius 3 is 2.23 bits per heavy atom. The SMILES string of the molecule is CCCC[C@H](OC(=O)c1ccc2c(c1)C(=O)N(Cc1cccnc1)C2=O)C(=O)c1ccc(-c2ccccc2)cc1. The van der Waals surface area contributed by atoms with Crippen LogP contribution in [0.5, 0.6) is 0 Å². The molecule has 1 atom stereocenters. The van der Waals surface area contributed by atoms with E-state index in [9.17, 15) is 19.2 Å². The van der Waals surface area contributed by atoms with Crippen molar-refractivity contribution in [1.29, 1.82) is 0 Å². The number of benzene rings is 3. The van der Waals surface area contributed by atoms with Crippen LogP contribution in [0.1, 0.15) is 73.2 Å². The summed E-state index contributed by atoms with van der Waals surface area (Å²) in [4.78, 5) is 57.6. The van der Waals surface area contributed by atoms with Gasteiger partial charge in [-0.15, -0.1) is 0 Å². The number of ether oxygens (including phenoxy) is 1. The summed E-state index contributed by atoms with van der Waals surface area (Å²) in [7, 11) is 0. The molecular weight excluding hydrogens is 504 g/mol. The van der Waals surface area contributed by atoms with Crippen LogP contribution in [0.25, 0.3) is 11.1 Å². The Balaban J connectivity index is 1.32. The number of hydrogen-bond acceptors (Lipinski definition) is 6. The van der Waals surface area contributed by atoms with Gasteiger partial charge in [-0.3, -0.25) is 24.3 Å². The lowest BCUT2D eigenvalue weighted by atomic mass is 9.98. The number of imide groups is 1. The zero-order chi connectivity index (χ0) is 28.1. The maximum Gasteiger partial charge on any atom is 0.338 e. The van der Waals surface area contributed by atoms with Crippen molar-refractivity contribution in [1.82, 2.24) is 9.88 Å². The van der Waals surface area contributed by atoms with Gasteiger partial charge in [-0.1, -0.05) is 74.0 Å². The number of carbonyl (C=O) groups is 4. The molecule has 0 saturated carbocycles. The quantitative estimate of drug-likeness (QED) is 0.138. The topological polar surface area (TPSA) is 93.6 Å². The van der Waals surface area contributed by atoms with Gasteiger partial charge in [-0.25, -0.2) is 4.79 Å². The normalized spacial score (nSPS) is 13.2. The molecular formula is C33H28N2O5.